The van der Waals surface area contributed by atoms with Gasteiger partial charge in [-0.2, -0.15) is 0 Å². The molecule has 0 aliphatic carbocycles. The molecule has 0 aromatic carbocycles. The van der Waals surface area contributed by atoms with Gasteiger partial charge in [0.15, 0.2) is 0 Å². The van der Waals surface area contributed by atoms with Crippen LogP contribution in [0.25, 0.3) is 10.4 Å². The van der Waals surface area contributed by atoms with Gasteiger partial charge in [0.05, 0.1) is 11.5 Å². The maximum absolute atomic E-state index is 10.6. The summed E-state index contributed by atoms with van der Waals surface area (Å²) in [5, 5.41) is 13.8. The second-order valence-corrected chi connectivity index (χ2v) is 2.78. The van der Waals surface area contributed by atoms with Crippen LogP contribution in [0, 0.1) is 28.9 Å². The van der Waals surface area contributed by atoms with Crippen molar-refractivity contribution < 1.29 is 4.92 Å². The van der Waals surface area contributed by atoms with Crippen LogP contribution in [0.15, 0.2) is 17.4 Å². The van der Waals surface area contributed by atoms with Crippen LogP contribution in [0.2, 0.25) is 0 Å². The Morgan fingerprint density at radius 1 is 1.75 bits per heavy atom. The third kappa shape index (κ3) is 2.97. The van der Waals surface area contributed by atoms with E-state index in [1.54, 1.807) is 6.92 Å². The van der Waals surface area contributed by atoms with E-state index in [9.17, 15) is 10.1 Å². The molecule has 7 nitrogen and oxygen atoms in total. The minimum Gasteiger partial charge on any atom is -0.258 e. The molecule has 0 spiro atoms. The molecule has 0 bridgehead atoms. The molecule has 0 fully saturated rings. The van der Waals surface area contributed by atoms with Gasteiger partial charge in [-0.05, 0) is 12.5 Å². The number of aromatic nitrogens is 1. The van der Waals surface area contributed by atoms with Gasteiger partial charge < -0.3 is 0 Å². The highest BCUT2D eigenvalue weighted by Gasteiger charge is 2.11. The van der Waals surface area contributed by atoms with Crippen LogP contribution in [0.4, 0.5) is 5.69 Å². The van der Waals surface area contributed by atoms with Crippen molar-refractivity contribution in [3.63, 3.8) is 0 Å². The van der Waals surface area contributed by atoms with Crippen molar-refractivity contribution in [3.8, 4) is 11.8 Å². The smallest absolute Gasteiger partial charge is 0.258 e. The van der Waals surface area contributed by atoms with Crippen LogP contribution in [0.3, 0.4) is 0 Å². The number of rotatable bonds is 2. The van der Waals surface area contributed by atoms with Gasteiger partial charge in [-0.1, -0.05) is 17.0 Å². The summed E-state index contributed by atoms with van der Waals surface area (Å²) in [5.74, 6) is 5.18. The molecular weight excluding hydrogens is 210 g/mol. The van der Waals surface area contributed by atoms with Crippen molar-refractivity contribution in [3.05, 3.63) is 44.1 Å². The SMILES string of the molecule is Cc1ncc(C#CCN=[N+]=[N-])cc1[N+](=O)[O-]. The Bertz CT molecular complexity index is 522. The number of aryl methyl sites for hydroxylation is 1. The highest BCUT2D eigenvalue weighted by Crippen LogP contribution is 2.15. The first-order valence-electron chi connectivity index (χ1n) is 4.26. The molecule has 0 N–H and O–H groups in total. The topological polar surface area (TPSA) is 105 Å². The average Bonchev–Trinajstić information content (AvgIpc) is 2.26. The Balaban J connectivity index is 2.97. The molecule has 0 saturated heterocycles. The summed E-state index contributed by atoms with van der Waals surface area (Å²) in [6.45, 7) is 1.58. The van der Waals surface area contributed by atoms with E-state index >= 15 is 0 Å². The standard InChI is InChI=1S/C9H7N5O2/c1-7-9(14(15)16)5-8(6-11-7)3-2-4-12-13-10/h5-6H,4H2,1H3. The number of nitrogens with zero attached hydrogens (tertiary/aromatic N) is 5. The van der Waals surface area contributed by atoms with Gasteiger partial charge in [-0.25, -0.2) is 0 Å². The number of hydrogen-bond donors (Lipinski definition) is 0. The van der Waals surface area contributed by atoms with Crippen molar-refractivity contribution >= 4 is 5.69 Å². The lowest BCUT2D eigenvalue weighted by Crippen LogP contribution is -1.95. The maximum atomic E-state index is 10.6. The van der Waals surface area contributed by atoms with E-state index in [0.717, 1.165) is 0 Å². The fraction of sp³-hybridized carbons (Fsp3) is 0.222. The maximum Gasteiger partial charge on any atom is 0.291 e. The highest BCUT2D eigenvalue weighted by atomic mass is 16.6. The second kappa shape index (κ2) is 5.34. The predicted octanol–water partition coefficient (Wildman–Crippen LogP) is 1.96. The van der Waals surface area contributed by atoms with E-state index in [2.05, 4.69) is 26.9 Å². The molecule has 1 heterocycles. The zero-order valence-electron chi connectivity index (χ0n) is 8.41. The zero-order valence-corrected chi connectivity index (χ0v) is 8.41. The summed E-state index contributed by atoms with van der Waals surface area (Å²) in [6.07, 6.45) is 1.44. The minimum atomic E-state index is -0.513. The predicted molar refractivity (Wildman–Crippen MR) is 56.5 cm³/mol. The molecular formula is C9H7N5O2. The summed E-state index contributed by atoms with van der Waals surface area (Å²) in [6, 6.07) is 1.34. The first-order chi connectivity index (χ1) is 7.65. The highest BCUT2D eigenvalue weighted by molar-refractivity contribution is 5.44. The Labute approximate surface area is 90.9 Å². The van der Waals surface area contributed by atoms with E-state index in [0.29, 0.717) is 11.3 Å². The molecule has 0 aliphatic heterocycles. The Morgan fingerprint density at radius 3 is 3.12 bits per heavy atom. The average molecular weight is 217 g/mol. The molecule has 0 radical (unpaired) electrons. The zero-order chi connectivity index (χ0) is 12.0. The molecule has 7 heteroatoms. The van der Waals surface area contributed by atoms with E-state index in [4.69, 9.17) is 5.53 Å². The minimum absolute atomic E-state index is 0.0260. The third-order valence-corrected chi connectivity index (χ3v) is 1.70. The van der Waals surface area contributed by atoms with Gasteiger partial charge in [-0.15, -0.1) is 0 Å². The molecule has 0 saturated carbocycles. The summed E-state index contributed by atoms with van der Waals surface area (Å²) < 4.78 is 0. The van der Waals surface area contributed by atoms with Crippen molar-refractivity contribution in [1.82, 2.24) is 4.98 Å². The quantitative estimate of drug-likeness (QED) is 0.189. The van der Waals surface area contributed by atoms with Gasteiger partial charge in [0.1, 0.15) is 5.69 Å². The lowest BCUT2D eigenvalue weighted by Gasteiger charge is -1.95. The van der Waals surface area contributed by atoms with E-state index in [1.807, 2.05) is 0 Å². The van der Waals surface area contributed by atoms with Crippen LogP contribution < -0.4 is 0 Å². The number of azide groups is 1. The van der Waals surface area contributed by atoms with Crippen molar-refractivity contribution in [2.75, 3.05) is 6.54 Å². The van der Waals surface area contributed by atoms with Crippen LogP contribution in [-0.2, 0) is 0 Å². The largest absolute Gasteiger partial charge is 0.291 e. The van der Waals surface area contributed by atoms with Gasteiger partial charge in [0.25, 0.3) is 5.69 Å². The third-order valence-electron chi connectivity index (χ3n) is 1.70. The first kappa shape index (κ1) is 11.5. The van der Waals surface area contributed by atoms with Gasteiger partial charge in [0.2, 0.25) is 0 Å². The molecule has 0 aliphatic rings. The van der Waals surface area contributed by atoms with Crippen molar-refractivity contribution in [2.24, 2.45) is 5.11 Å². The van der Waals surface area contributed by atoms with Crippen LogP contribution in [-0.4, -0.2) is 16.5 Å². The summed E-state index contributed by atoms with van der Waals surface area (Å²) in [5.41, 5.74) is 8.69. The number of hydrogen-bond acceptors (Lipinski definition) is 4. The number of pyridine rings is 1. The van der Waals surface area contributed by atoms with Gasteiger partial charge in [0, 0.05) is 22.7 Å². The monoisotopic (exact) mass is 217 g/mol. The molecule has 1 aromatic heterocycles. The number of nitro groups is 1. The van der Waals surface area contributed by atoms with Crippen LogP contribution in [0.1, 0.15) is 11.3 Å². The first-order valence-corrected chi connectivity index (χ1v) is 4.26. The molecule has 0 atom stereocenters. The molecule has 16 heavy (non-hydrogen) atoms. The fourth-order valence-corrected chi connectivity index (χ4v) is 0.983. The van der Waals surface area contributed by atoms with Gasteiger partial charge in [-0.3, -0.25) is 15.1 Å². The van der Waals surface area contributed by atoms with Gasteiger partial charge >= 0.3 is 0 Å². The Kier molecular flexibility index (Phi) is 3.83. The van der Waals surface area contributed by atoms with E-state index < -0.39 is 4.92 Å². The molecule has 1 aromatic rings. The summed E-state index contributed by atoms with van der Waals surface area (Å²) in [4.78, 5) is 16.5. The fourth-order valence-electron chi connectivity index (χ4n) is 0.983. The molecule has 80 valence electrons. The summed E-state index contributed by atoms with van der Waals surface area (Å²) >= 11 is 0. The molecule has 1 rings (SSSR count). The molecule has 0 amide bonds. The van der Waals surface area contributed by atoms with Crippen LogP contribution >= 0.6 is 0 Å². The van der Waals surface area contributed by atoms with E-state index in [-0.39, 0.29) is 12.2 Å². The Hall–Kier alpha value is -2.58. The molecule has 0 unspecified atom stereocenters. The normalized spacial score (nSPS) is 8.56. The summed E-state index contributed by atoms with van der Waals surface area (Å²) in [7, 11) is 0. The van der Waals surface area contributed by atoms with Crippen LogP contribution in [0.5, 0.6) is 0 Å². The Morgan fingerprint density at radius 2 is 2.50 bits per heavy atom. The van der Waals surface area contributed by atoms with Crippen molar-refractivity contribution in [1.29, 1.82) is 0 Å². The lowest BCUT2D eigenvalue weighted by atomic mass is 10.2. The second-order valence-electron chi connectivity index (χ2n) is 2.78. The van der Waals surface area contributed by atoms with E-state index in [1.165, 1.54) is 12.3 Å². The van der Waals surface area contributed by atoms with Crippen molar-refractivity contribution in [2.45, 2.75) is 6.92 Å². The lowest BCUT2D eigenvalue weighted by molar-refractivity contribution is -0.385.